The number of nitrogens with zero attached hydrogens (tertiary/aromatic N) is 1. The molecule has 0 spiro atoms. The summed E-state index contributed by atoms with van der Waals surface area (Å²) in [6.45, 7) is 7.69. The van der Waals surface area contributed by atoms with Gasteiger partial charge in [-0.25, -0.2) is 4.98 Å². The number of halogens is 1. The van der Waals surface area contributed by atoms with Crippen LogP contribution in [0.15, 0.2) is 18.3 Å². The van der Waals surface area contributed by atoms with Crippen molar-refractivity contribution in [2.24, 2.45) is 0 Å². The minimum Gasteiger partial charge on any atom is -0.385 e. The molecule has 14 heavy (non-hydrogen) atoms. The number of hydrogen-bond donors (Lipinski definition) is 1. The Labute approximate surface area is 90.9 Å². The lowest BCUT2D eigenvalue weighted by molar-refractivity contribution is 0.0530. The normalized spacial score (nSPS) is 13.9. The first-order valence-corrected chi connectivity index (χ1v) is 5.28. The van der Waals surface area contributed by atoms with Gasteiger partial charge in [-0.05, 0) is 31.0 Å². The van der Waals surface area contributed by atoms with Crippen LogP contribution in [-0.4, -0.2) is 10.1 Å². The molecule has 0 bridgehead atoms. The van der Waals surface area contributed by atoms with Crippen LogP contribution < -0.4 is 0 Å². The molecule has 2 nitrogen and oxygen atoms in total. The third-order valence-corrected chi connectivity index (χ3v) is 2.24. The van der Waals surface area contributed by atoms with E-state index in [4.69, 9.17) is 11.6 Å². The van der Waals surface area contributed by atoms with E-state index in [1.165, 1.54) is 0 Å². The Morgan fingerprint density at radius 2 is 2.07 bits per heavy atom. The molecule has 1 aromatic heterocycles. The van der Waals surface area contributed by atoms with Gasteiger partial charge in [-0.15, -0.1) is 0 Å². The van der Waals surface area contributed by atoms with E-state index in [1.807, 2.05) is 20.8 Å². The minimum absolute atomic E-state index is 0.418. The Hall–Kier alpha value is -0.600. The molecule has 1 N–H and O–H groups in total. The standard InChI is InChI=1S/C9H12ClNO.C2H6/c1-3-9(2,12)7-4-5-11-8(10)6-7;1-2/h4-6,12H,3H2,1-2H3;1-2H3. The van der Waals surface area contributed by atoms with Crippen LogP contribution in [0.4, 0.5) is 0 Å². The molecule has 80 valence electrons. The maximum Gasteiger partial charge on any atom is 0.129 e. The van der Waals surface area contributed by atoms with Crippen LogP contribution in [0.1, 0.15) is 39.7 Å². The lowest BCUT2D eigenvalue weighted by Crippen LogP contribution is -2.19. The zero-order valence-electron chi connectivity index (χ0n) is 9.21. The van der Waals surface area contributed by atoms with E-state index in [1.54, 1.807) is 25.3 Å². The van der Waals surface area contributed by atoms with E-state index in [9.17, 15) is 5.11 Å². The summed E-state index contributed by atoms with van der Waals surface area (Å²) in [7, 11) is 0. The van der Waals surface area contributed by atoms with Crippen molar-refractivity contribution in [2.45, 2.75) is 39.7 Å². The maximum absolute atomic E-state index is 9.83. The predicted molar refractivity (Wildman–Crippen MR) is 60.5 cm³/mol. The third-order valence-electron chi connectivity index (χ3n) is 2.04. The second kappa shape index (κ2) is 5.99. The molecule has 1 unspecified atom stereocenters. The van der Waals surface area contributed by atoms with E-state index in [0.717, 1.165) is 5.56 Å². The van der Waals surface area contributed by atoms with Gasteiger partial charge >= 0.3 is 0 Å². The second-order valence-corrected chi connectivity index (χ2v) is 3.38. The summed E-state index contributed by atoms with van der Waals surface area (Å²) in [6, 6.07) is 3.46. The molecule has 1 rings (SSSR count). The zero-order chi connectivity index (χ0) is 11.2. The molecule has 0 saturated carbocycles. The molecular weight excluding hydrogens is 198 g/mol. The number of rotatable bonds is 2. The lowest BCUT2D eigenvalue weighted by Gasteiger charge is -2.21. The van der Waals surface area contributed by atoms with Gasteiger partial charge in [0.15, 0.2) is 0 Å². The quantitative estimate of drug-likeness (QED) is 0.768. The predicted octanol–water partition coefficient (Wildman–Crippen LogP) is 3.38. The van der Waals surface area contributed by atoms with E-state index in [-0.39, 0.29) is 0 Å². The summed E-state index contributed by atoms with van der Waals surface area (Å²) in [5, 5.41) is 10.3. The molecule has 1 heterocycles. The average Bonchev–Trinajstić information content (AvgIpc) is 2.21. The summed E-state index contributed by atoms with van der Waals surface area (Å²) >= 11 is 5.69. The Balaban J connectivity index is 0.000000791. The molecule has 0 aliphatic heterocycles. The van der Waals surface area contributed by atoms with E-state index < -0.39 is 5.60 Å². The first-order chi connectivity index (χ1) is 6.56. The van der Waals surface area contributed by atoms with Gasteiger partial charge in [0.05, 0.1) is 5.60 Å². The summed E-state index contributed by atoms with van der Waals surface area (Å²) in [5.41, 5.74) is 0.0112. The SMILES string of the molecule is CC.CCC(C)(O)c1ccnc(Cl)c1. The van der Waals surface area contributed by atoms with Gasteiger partial charge in [0.2, 0.25) is 0 Å². The van der Waals surface area contributed by atoms with Crippen molar-refractivity contribution in [1.82, 2.24) is 4.98 Å². The largest absolute Gasteiger partial charge is 0.385 e. The molecular formula is C11H18ClNO. The van der Waals surface area contributed by atoms with Gasteiger partial charge in [0.25, 0.3) is 0 Å². The smallest absolute Gasteiger partial charge is 0.129 e. The van der Waals surface area contributed by atoms with E-state index in [0.29, 0.717) is 11.6 Å². The van der Waals surface area contributed by atoms with E-state index in [2.05, 4.69) is 4.98 Å². The van der Waals surface area contributed by atoms with Crippen molar-refractivity contribution in [3.8, 4) is 0 Å². The number of pyridine rings is 1. The maximum atomic E-state index is 9.83. The molecule has 3 heteroatoms. The summed E-state index contributed by atoms with van der Waals surface area (Å²) in [5.74, 6) is 0. The highest BCUT2D eigenvalue weighted by Crippen LogP contribution is 2.24. The van der Waals surface area contributed by atoms with Crippen LogP contribution in [0.25, 0.3) is 0 Å². The molecule has 0 aromatic carbocycles. The van der Waals surface area contributed by atoms with Crippen molar-refractivity contribution in [2.75, 3.05) is 0 Å². The van der Waals surface area contributed by atoms with Crippen molar-refractivity contribution >= 4 is 11.6 Å². The molecule has 0 radical (unpaired) electrons. The van der Waals surface area contributed by atoms with Crippen LogP contribution in [0.2, 0.25) is 5.15 Å². The number of aliphatic hydroxyl groups is 1. The van der Waals surface area contributed by atoms with Crippen molar-refractivity contribution in [1.29, 1.82) is 0 Å². The van der Waals surface area contributed by atoms with Gasteiger partial charge in [-0.3, -0.25) is 0 Å². The first-order valence-electron chi connectivity index (χ1n) is 4.90. The Morgan fingerprint density at radius 3 is 2.50 bits per heavy atom. The second-order valence-electron chi connectivity index (χ2n) is 2.99. The van der Waals surface area contributed by atoms with Crippen LogP contribution in [-0.2, 0) is 5.60 Å². The Kier molecular flexibility index (Phi) is 5.73. The highest BCUT2D eigenvalue weighted by molar-refractivity contribution is 6.29. The highest BCUT2D eigenvalue weighted by Gasteiger charge is 2.20. The molecule has 0 amide bonds. The van der Waals surface area contributed by atoms with Crippen LogP contribution in [0.5, 0.6) is 0 Å². The van der Waals surface area contributed by atoms with Crippen molar-refractivity contribution in [3.63, 3.8) is 0 Å². The summed E-state index contributed by atoms with van der Waals surface area (Å²) in [6.07, 6.45) is 2.26. The zero-order valence-corrected chi connectivity index (χ0v) is 9.97. The monoisotopic (exact) mass is 215 g/mol. The van der Waals surface area contributed by atoms with Gasteiger partial charge < -0.3 is 5.11 Å². The summed E-state index contributed by atoms with van der Waals surface area (Å²) < 4.78 is 0. The van der Waals surface area contributed by atoms with Crippen molar-refractivity contribution in [3.05, 3.63) is 29.0 Å². The Morgan fingerprint density at radius 1 is 1.50 bits per heavy atom. The Bertz CT molecular complexity index is 274. The topological polar surface area (TPSA) is 33.1 Å². The fraction of sp³-hybridized carbons (Fsp3) is 0.545. The van der Waals surface area contributed by atoms with Crippen LogP contribution >= 0.6 is 11.6 Å². The number of hydrogen-bond acceptors (Lipinski definition) is 2. The summed E-state index contributed by atoms with van der Waals surface area (Å²) in [4.78, 5) is 3.84. The van der Waals surface area contributed by atoms with Gasteiger partial charge in [0.1, 0.15) is 5.15 Å². The van der Waals surface area contributed by atoms with E-state index >= 15 is 0 Å². The molecule has 0 aliphatic rings. The number of aromatic nitrogens is 1. The molecule has 0 saturated heterocycles. The van der Waals surface area contributed by atoms with Crippen molar-refractivity contribution < 1.29 is 5.11 Å². The van der Waals surface area contributed by atoms with Crippen LogP contribution in [0, 0.1) is 0 Å². The van der Waals surface area contributed by atoms with Crippen LogP contribution in [0.3, 0.4) is 0 Å². The molecule has 0 fully saturated rings. The lowest BCUT2D eigenvalue weighted by atomic mass is 9.95. The first kappa shape index (κ1) is 13.4. The van der Waals surface area contributed by atoms with Gasteiger partial charge in [0, 0.05) is 6.20 Å². The highest BCUT2D eigenvalue weighted by atomic mass is 35.5. The van der Waals surface area contributed by atoms with Gasteiger partial charge in [-0.1, -0.05) is 32.4 Å². The van der Waals surface area contributed by atoms with Gasteiger partial charge in [-0.2, -0.15) is 0 Å². The molecule has 1 aromatic rings. The fourth-order valence-electron chi connectivity index (χ4n) is 0.942. The molecule has 0 aliphatic carbocycles. The molecule has 1 atom stereocenters. The average molecular weight is 216 g/mol. The minimum atomic E-state index is -0.799. The fourth-order valence-corrected chi connectivity index (χ4v) is 1.12. The third kappa shape index (κ3) is 3.64.